The zero-order chi connectivity index (χ0) is 24.2. The molecular weight excluding hydrogens is 502 g/mol. The average molecular weight is 524 g/mol. The molecule has 1 aromatic heterocycles. The number of ether oxygens (including phenoxy) is 3. The van der Waals surface area contributed by atoms with E-state index in [2.05, 4.69) is 37.5 Å². The number of halogens is 1. The number of amides is 1. The molecule has 1 atom stereocenters. The Morgan fingerprint density at radius 2 is 2.03 bits per heavy atom. The number of nitrogens with zero attached hydrogens (tertiary/aromatic N) is 2. The molecule has 174 valence electrons. The summed E-state index contributed by atoms with van der Waals surface area (Å²) in [5.74, 6) is 0.405. The number of carbonyl (C=O) groups is 1. The van der Waals surface area contributed by atoms with Crippen LogP contribution in [-0.4, -0.2) is 29.3 Å². The molecule has 1 aliphatic rings. The van der Waals surface area contributed by atoms with Crippen molar-refractivity contribution in [2.75, 3.05) is 18.5 Å². The molecular formula is C24H22BrN5O4. The molecule has 0 saturated carbocycles. The van der Waals surface area contributed by atoms with Crippen molar-refractivity contribution in [2.45, 2.75) is 19.8 Å². The van der Waals surface area contributed by atoms with E-state index in [1.807, 2.05) is 26.0 Å². The Balaban J connectivity index is 1.58. The van der Waals surface area contributed by atoms with Crippen LogP contribution in [-0.2, 0) is 4.79 Å². The van der Waals surface area contributed by atoms with E-state index < -0.39 is 5.92 Å². The third-order valence-corrected chi connectivity index (χ3v) is 5.75. The lowest BCUT2D eigenvalue weighted by molar-refractivity contribution is -0.118. The third-order valence-electron chi connectivity index (χ3n) is 5.22. The summed E-state index contributed by atoms with van der Waals surface area (Å²) >= 11 is 3.36. The van der Waals surface area contributed by atoms with E-state index in [9.17, 15) is 10.1 Å². The van der Waals surface area contributed by atoms with Gasteiger partial charge in [0.25, 0.3) is 5.91 Å². The van der Waals surface area contributed by atoms with E-state index in [1.54, 1.807) is 30.3 Å². The molecule has 1 unspecified atom stereocenters. The molecule has 0 bridgehead atoms. The number of anilines is 1. The van der Waals surface area contributed by atoms with Crippen LogP contribution in [0.5, 0.6) is 17.4 Å². The minimum Gasteiger partial charge on any atom is -0.490 e. The Morgan fingerprint density at radius 3 is 2.74 bits per heavy atom. The second-order valence-corrected chi connectivity index (χ2v) is 8.39. The molecule has 34 heavy (non-hydrogen) atoms. The third kappa shape index (κ3) is 4.70. The molecule has 0 saturated heterocycles. The Morgan fingerprint density at radius 1 is 1.26 bits per heavy atom. The Labute approximate surface area is 204 Å². The van der Waals surface area contributed by atoms with Crippen molar-refractivity contribution in [1.29, 1.82) is 5.26 Å². The number of aromatic amines is 1. The highest BCUT2D eigenvalue weighted by Gasteiger charge is 2.34. The van der Waals surface area contributed by atoms with Gasteiger partial charge in [-0.2, -0.15) is 5.26 Å². The van der Waals surface area contributed by atoms with Gasteiger partial charge in [0.15, 0.2) is 18.1 Å². The van der Waals surface area contributed by atoms with Crippen LogP contribution in [0.2, 0.25) is 0 Å². The first kappa shape index (κ1) is 23.2. The van der Waals surface area contributed by atoms with Gasteiger partial charge in [-0.15, -0.1) is 5.10 Å². The van der Waals surface area contributed by atoms with Crippen LogP contribution < -0.4 is 25.3 Å². The number of hydrogen-bond donors (Lipinski definition) is 3. The first-order valence-electron chi connectivity index (χ1n) is 10.5. The number of aromatic nitrogens is 2. The number of rotatable bonds is 7. The molecule has 10 heteroatoms. The maximum Gasteiger partial charge on any atom is 0.262 e. The number of nitrogens with two attached hydrogens (primary N) is 1. The van der Waals surface area contributed by atoms with Gasteiger partial charge in [0.05, 0.1) is 12.5 Å². The van der Waals surface area contributed by atoms with Gasteiger partial charge >= 0.3 is 0 Å². The highest BCUT2D eigenvalue weighted by molar-refractivity contribution is 9.10. The normalized spacial score (nSPS) is 14.6. The molecule has 1 amide bonds. The number of benzene rings is 2. The van der Waals surface area contributed by atoms with Crippen molar-refractivity contribution >= 4 is 27.5 Å². The van der Waals surface area contributed by atoms with Crippen LogP contribution in [0.4, 0.5) is 5.69 Å². The van der Waals surface area contributed by atoms with E-state index in [1.165, 1.54) is 0 Å². The largest absolute Gasteiger partial charge is 0.490 e. The lowest BCUT2D eigenvalue weighted by Gasteiger charge is -2.24. The van der Waals surface area contributed by atoms with Crippen molar-refractivity contribution in [3.8, 4) is 23.4 Å². The average Bonchev–Trinajstić information content (AvgIpc) is 3.19. The van der Waals surface area contributed by atoms with Crippen molar-refractivity contribution in [1.82, 2.24) is 10.2 Å². The van der Waals surface area contributed by atoms with Gasteiger partial charge in [0.1, 0.15) is 11.6 Å². The number of nitriles is 1. The van der Waals surface area contributed by atoms with Crippen LogP contribution in [0.15, 0.2) is 58.4 Å². The second kappa shape index (κ2) is 9.89. The van der Waals surface area contributed by atoms with Crippen molar-refractivity contribution in [3.63, 3.8) is 0 Å². The number of H-pyrrole nitrogens is 1. The Kier molecular flexibility index (Phi) is 6.75. The van der Waals surface area contributed by atoms with Crippen molar-refractivity contribution < 1.29 is 19.0 Å². The molecule has 0 aliphatic carbocycles. The smallest absolute Gasteiger partial charge is 0.262 e. The van der Waals surface area contributed by atoms with Crippen LogP contribution >= 0.6 is 15.9 Å². The summed E-state index contributed by atoms with van der Waals surface area (Å²) in [4.78, 5) is 12.3. The van der Waals surface area contributed by atoms with Gasteiger partial charge in [0, 0.05) is 21.4 Å². The summed E-state index contributed by atoms with van der Waals surface area (Å²) in [5.41, 5.74) is 9.19. The predicted molar refractivity (Wildman–Crippen MR) is 128 cm³/mol. The fraction of sp³-hybridized carbons (Fsp3) is 0.208. The topological polar surface area (TPSA) is 135 Å². The maximum absolute atomic E-state index is 12.3. The highest BCUT2D eigenvalue weighted by Crippen LogP contribution is 2.44. The lowest BCUT2D eigenvalue weighted by Crippen LogP contribution is -2.21. The molecule has 0 fully saturated rings. The summed E-state index contributed by atoms with van der Waals surface area (Å²) in [5, 5.41) is 19.6. The van der Waals surface area contributed by atoms with E-state index >= 15 is 0 Å². The number of allylic oxidation sites excluding steroid dienone is 1. The number of aryl methyl sites for hydroxylation is 1. The minimum absolute atomic E-state index is 0.00870. The van der Waals surface area contributed by atoms with Gasteiger partial charge in [-0.05, 0) is 55.8 Å². The van der Waals surface area contributed by atoms with Crippen LogP contribution in [0.3, 0.4) is 0 Å². The standard InChI is InChI=1S/C24H22BrN5O4/c1-3-32-19-10-14(22-17(11-26)23(27)34-24-21(22)13(2)29-30-24)4-9-18(19)33-12-20(31)28-16-7-5-15(25)6-8-16/h4-10,22H,3,12,27H2,1-2H3,(H,28,31)(H,29,30). The second-order valence-electron chi connectivity index (χ2n) is 7.48. The molecule has 4 N–H and O–H groups in total. The van der Waals surface area contributed by atoms with Gasteiger partial charge < -0.3 is 25.3 Å². The summed E-state index contributed by atoms with van der Waals surface area (Å²) in [6.45, 7) is 3.89. The van der Waals surface area contributed by atoms with E-state index in [0.29, 0.717) is 29.7 Å². The molecule has 0 radical (unpaired) electrons. The molecule has 9 nitrogen and oxygen atoms in total. The first-order valence-corrected chi connectivity index (χ1v) is 11.3. The lowest BCUT2D eigenvalue weighted by atomic mass is 9.84. The number of hydrogen-bond acceptors (Lipinski definition) is 7. The van der Waals surface area contributed by atoms with Crippen LogP contribution in [0.1, 0.15) is 29.7 Å². The van der Waals surface area contributed by atoms with Gasteiger partial charge in [-0.25, -0.2) is 0 Å². The zero-order valence-electron chi connectivity index (χ0n) is 18.5. The molecule has 3 aromatic rings. The predicted octanol–water partition coefficient (Wildman–Crippen LogP) is 4.12. The fourth-order valence-electron chi connectivity index (χ4n) is 3.70. The van der Waals surface area contributed by atoms with E-state index in [0.717, 1.165) is 21.3 Å². The number of carbonyl (C=O) groups excluding carboxylic acids is 1. The SMILES string of the molecule is CCOc1cc(C2C(C#N)=C(N)Oc3n[nH]c(C)c32)ccc1OCC(=O)Nc1ccc(Br)cc1. The maximum atomic E-state index is 12.3. The van der Waals surface area contributed by atoms with E-state index in [-0.39, 0.29) is 24.0 Å². The number of fused-ring (bicyclic) bond motifs is 1. The van der Waals surface area contributed by atoms with Crippen molar-refractivity contribution in [3.05, 3.63) is 75.2 Å². The van der Waals surface area contributed by atoms with Gasteiger partial charge in [0.2, 0.25) is 11.8 Å². The number of nitrogens with one attached hydrogen (secondary N) is 2. The zero-order valence-corrected chi connectivity index (χ0v) is 20.1. The van der Waals surface area contributed by atoms with Crippen LogP contribution in [0.25, 0.3) is 0 Å². The monoisotopic (exact) mass is 523 g/mol. The first-order chi connectivity index (χ1) is 16.4. The van der Waals surface area contributed by atoms with E-state index in [4.69, 9.17) is 19.9 Å². The fourth-order valence-corrected chi connectivity index (χ4v) is 3.96. The molecule has 1 aliphatic heterocycles. The van der Waals surface area contributed by atoms with Crippen molar-refractivity contribution in [2.24, 2.45) is 5.73 Å². The van der Waals surface area contributed by atoms with Crippen LogP contribution in [0, 0.1) is 18.3 Å². The quantitative estimate of drug-likeness (QED) is 0.423. The van der Waals surface area contributed by atoms with Gasteiger partial charge in [-0.1, -0.05) is 22.0 Å². The summed E-state index contributed by atoms with van der Waals surface area (Å²) in [6.07, 6.45) is 0. The summed E-state index contributed by atoms with van der Waals surface area (Å²) < 4.78 is 18.0. The molecule has 0 spiro atoms. The molecule has 2 aromatic carbocycles. The molecule has 4 rings (SSSR count). The summed E-state index contributed by atoms with van der Waals surface area (Å²) in [6, 6.07) is 14.7. The summed E-state index contributed by atoms with van der Waals surface area (Å²) in [7, 11) is 0. The minimum atomic E-state index is -0.485. The highest BCUT2D eigenvalue weighted by atomic mass is 79.9. The Hall–Kier alpha value is -3.97. The Bertz CT molecular complexity index is 1290. The van der Waals surface area contributed by atoms with Gasteiger partial charge in [-0.3, -0.25) is 9.89 Å². The molecule has 2 heterocycles.